The first-order valence-corrected chi connectivity index (χ1v) is 4.58. The third-order valence-electron chi connectivity index (χ3n) is 1.73. The maximum Gasteiger partial charge on any atom is 0.337 e. The lowest BCUT2D eigenvalue weighted by Gasteiger charge is -2.04. The van der Waals surface area contributed by atoms with E-state index < -0.39 is 17.5 Å². The van der Waals surface area contributed by atoms with E-state index in [-0.39, 0.29) is 5.57 Å². The van der Waals surface area contributed by atoms with Crippen molar-refractivity contribution >= 4 is 11.8 Å². The number of aliphatic hydroxyl groups is 1. The Morgan fingerprint density at radius 1 is 1.29 bits per heavy atom. The molecule has 0 rings (SSSR count). The molecular weight excluding hydrogens is 184 g/mol. The molecule has 0 amide bonds. The summed E-state index contributed by atoms with van der Waals surface area (Å²) in [7, 11) is 0. The molecule has 0 aliphatic carbocycles. The molecule has 14 heavy (non-hydrogen) atoms. The molecule has 1 N–H and O–H groups in total. The lowest BCUT2D eigenvalue weighted by molar-refractivity contribution is -0.139. The van der Waals surface area contributed by atoms with Crippen molar-refractivity contribution in [2.75, 3.05) is 6.61 Å². The highest BCUT2D eigenvalue weighted by molar-refractivity contribution is 6.00. The molecule has 0 heterocycles. The number of Topliss-reactive ketones (excluding diaryl/α,β-unsaturated/α-hetero) is 1. The molecule has 0 aliphatic heterocycles. The molecule has 0 saturated heterocycles. The molecule has 0 aromatic heterocycles. The van der Waals surface area contributed by atoms with Crippen LogP contribution in [0.4, 0.5) is 0 Å². The van der Waals surface area contributed by atoms with Crippen LogP contribution in [0.2, 0.25) is 0 Å². The van der Waals surface area contributed by atoms with Gasteiger partial charge in [0.25, 0.3) is 0 Å². The normalized spacial score (nSPS) is 11.9. The van der Waals surface area contributed by atoms with Crippen LogP contribution in [0.25, 0.3) is 0 Å². The summed E-state index contributed by atoms with van der Waals surface area (Å²) < 4.78 is 4.81. The van der Waals surface area contributed by atoms with Crippen LogP contribution in [-0.2, 0) is 14.3 Å². The Hall–Kier alpha value is -1.32. The van der Waals surface area contributed by atoms with Gasteiger partial charge in [-0.15, -0.1) is 0 Å². The molecule has 4 nitrogen and oxygen atoms in total. The zero-order chi connectivity index (χ0) is 11.1. The number of aliphatic hydroxyl groups excluding tert-OH is 1. The summed E-state index contributed by atoms with van der Waals surface area (Å²) in [5, 5.41) is 9.15. The van der Waals surface area contributed by atoms with E-state index >= 15 is 0 Å². The highest BCUT2D eigenvalue weighted by Gasteiger charge is 2.14. The third-order valence-corrected chi connectivity index (χ3v) is 1.73. The van der Waals surface area contributed by atoms with Gasteiger partial charge in [0, 0.05) is 6.92 Å². The average Bonchev–Trinajstić information content (AvgIpc) is 2.15. The second kappa shape index (κ2) is 6.18. The Morgan fingerprint density at radius 2 is 1.86 bits per heavy atom. The Kier molecular flexibility index (Phi) is 5.60. The van der Waals surface area contributed by atoms with Gasteiger partial charge in [0.2, 0.25) is 0 Å². The van der Waals surface area contributed by atoms with E-state index in [2.05, 4.69) is 0 Å². The summed E-state index contributed by atoms with van der Waals surface area (Å²) >= 11 is 0. The number of carbonyl (C=O) groups is 2. The van der Waals surface area contributed by atoms with Crippen molar-refractivity contribution in [3.63, 3.8) is 0 Å². The highest BCUT2D eigenvalue weighted by atomic mass is 16.5. The lowest BCUT2D eigenvalue weighted by Crippen LogP contribution is -2.11. The van der Waals surface area contributed by atoms with Crippen LogP contribution in [0.3, 0.4) is 0 Å². The summed E-state index contributed by atoms with van der Waals surface area (Å²) in [6, 6.07) is 0. The molecule has 0 atom stereocenters. The fourth-order valence-corrected chi connectivity index (χ4v) is 0.778. The fraction of sp³-hybridized carbons (Fsp3) is 0.600. The summed E-state index contributed by atoms with van der Waals surface area (Å²) in [6.45, 7) is 4.85. The number of hydrogen-bond donors (Lipinski definition) is 1. The van der Waals surface area contributed by atoms with E-state index in [0.717, 1.165) is 12.8 Å². The molecule has 0 aromatic carbocycles. The van der Waals surface area contributed by atoms with Gasteiger partial charge in [-0.25, -0.2) is 4.79 Å². The van der Waals surface area contributed by atoms with Gasteiger partial charge in [0.1, 0.15) is 0 Å². The Bertz CT molecular complexity index is 253. The van der Waals surface area contributed by atoms with E-state index in [1.807, 2.05) is 6.92 Å². The largest absolute Gasteiger partial charge is 0.504 e. The smallest absolute Gasteiger partial charge is 0.337 e. The van der Waals surface area contributed by atoms with Crippen LogP contribution < -0.4 is 0 Å². The molecule has 0 aliphatic rings. The van der Waals surface area contributed by atoms with E-state index in [1.165, 1.54) is 13.8 Å². The molecule has 0 saturated carbocycles. The minimum Gasteiger partial charge on any atom is -0.504 e. The van der Waals surface area contributed by atoms with Gasteiger partial charge in [-0.05, 0) is 13.3 Å². The molecule has 0 spiro atoms. The summed E-state index contributed by atoms with van der Waals surface area (Å²) in [5.74, 6) is -1.69. The molecule has 0 bridgehead atoms. The molecule has 0 aromatic rings. The quantitative estimate of drug-likeness (QED) is 0.318. The molecule has 4 heteroatoms. The van der Waals surface area contributed by atoms with Crippen LogP contribution in [0.15, 0.2) is 11.3 Å². The number of rotatable bonds is 5. The van der Waals surface area contributed by atoms with Gasteiger partial charge < -0.3 is 9.84 Å². The maximum atomic E-state index is 11.2. The van der Waals surface area contributed by atoms with Crippen LogP contribution in [0.1, 0.15) is 33.6 Å². The van der Waals surface area contributed by atoms with Crippen LogP contribution in [0.5, 0.6) is 0 Å². The molecular formula is C10H16O4. The molecule has 0 unspecified atom stereocenters. The first kappa shape index (κ1) is 12.7. The van der Waals surface area contributed by atoms with Gasteiger partial charge in [-0.2, -0.15) is 0 Å². The van der Waals surface area contributed by atoms with Gasteiger partial charge in [-0.3, -0.25) is 4.79 Å². The monoisotopic (exact) mass is 200 g/mol. The standard InChI is InChI=1S/C10H16O4/c1-4-5-6-14-10(13)7(2)9(12)8(3)11/h12H,4-6H2,1-3H3/b9-7-. The second-order valence-electron chi connectivity index (χ2n) is 3.02. The van der Waals surface area contributed by atoms with Crippen molar-refractivity contribution < 1.29 is 19.4 Å². The number of allylic oxidation sites excluding steroid dienone is 1. The zero-order valence-electron chi connectivity index (χ0n) is 8.79. The van der Waals surface area contributed by atoms with Crippen molar-refractivity contribution in [3.05, 3.63) is 11.3 Å². The van der Waals surface area contributed by atoms with E-state index in [4.69, 9.17) is 9.84 Å². The summed E-state index contributed by atoms with van der Waals surface area (Å²) in [5.41, 5.74) is -0.0337. The zero-order valence-corrected chi connectivity index (χ0v) is 8.79. The number of esters is 1. The SMILES string of the molecule is CCCCOC(=O)/C(C)=C(\O)C(C)=O. The van der Waals surface area contributed by atoms with E-state index in [0.29, 0.717) is 6.61 Å². The third kappa shape index (κ3) is 4.07. The van der Waals surface area contributed by atoms with Crippen molar-refractivity contribution in [2.24, 2.45) is 0 Å². The predicted octanol–water partition coefficient (Wildman–Crippen LogP) is 1.75. The summed E-state index contributed by atoms with van der Waals surface area (Å²) in [4.78, 5) is 21.9. The predicted molar refractivity (Wildman–Crippen MR) is 51.9 cm³/mol. The number of ketones is 1. The van der Waals surface area contributed by atoms with Crippen molar-refractivity contribution in [1.29, 1.82) is 0 Å². The van der Waals surface area contributed by atoms with Gasteiger partial charge in [0.15, 0.2) is 11.5 Å². The highest BCUT2D eigenvalue weighted by Crippen LogP contribution is 2.04. The van der Waals surface area contributed by atoms with Gasteiger partial charge >= 0.3 is 5.97 Å². The minimum atomic E-state index is -0.633. The van der Waals surface area contributed by atoms with E-state index in [9.17, 15) is 9.59 Å². The topological polar surface area (TPSA) is 63.6 Å². The maximum absolute atomic E-state index is 11.2. The Morgan fingerprint density at radius 3 is 2.29 bits per heavy atom. The number of unbranched alkanes of at least 4 members (excludes halogenated alkanes) is 1. The average molecular weight is 200 g/mol. The van der Waals surface area contributed by atoms with E-state index in [1.54, 1.807) is 0 Å². The van der Waals surface area contributed by atoms with Crippen LogP contribution >= 0.6 is 0 Å². The molecule has 80 valence electrons. The van der Waals surface area contributed by atoms with Gasteiger partial charge in [-0.1, -0.05) is 13.3 Å². The number of carbonyl (C=O) groups excluding carboxylic acids is 2. The minimum absolute atomic E-state index is 0.0337. The molecule has 0 radical (unpaired) electrons. The van der Waals surface area contributed by atoms with Gasteiger partial charge in [0.05, 0.1) is 12.2 Å². The molecule has 0 fully saturated rings. The van der Waals surface area contributed by atoms with Crippen LogP contribution in [0, 0.1) is 0 Å². The van der Waals surface area contributed by atoms with Crippen molar-refractivity contribution in [3.8, 4) is 0 Å². The summed E-state index contributed by atoms with van der Waals surface area (Å²) in [6.07, 6.45) is 1.70. The first-order chi connectivity index (χ1) is 6.50. The second-order valence-corrected chi connectivity index (χ2v) is 3.02. The number of hydrogen-bond acceptors (Lipinski definition) is 4. The first-order valence-electron chi connectivity index (χ1n) is 4.58. The van der Waals surface area contributed by atoms with Crippen molar-refractivity contribution in [2.45, 2.75) is 33.6 Å². The fourth-order valence-electron chi connectivity index (χ4n) is 0.778. The lowest BCUT2D eigenvalue weighted by atomic mass is 10.2. The van der Waals surface area contributed by atoms with Crippen molar-refractivity contribution in [1.82, 2.24) is 0 Å². The number of ether oxygens (including phenoxy) is 1. The van der Waals surface area contributed by atoms with Crippen LogP contribution in [-0.4, -0.2) is 23.5 Å². The Labute approximate surface area is 83.6 Å². The Balaban J connectivity index is 4.25.